The van der Waals surface area contributed by atoms with E-state index in [1.54, 1.807) is 0 Å². The number of amides is 1. The minimum Gasteiger partial charge on any atom is -0.496 e. The summed E-state index contributed by atoms with van der Waals surface area (Å²) in [6.07, 6.45) is 0. The molecule has 0 saturated carbocycles. The summed E-state index contributed by atoms with van der Waals surface area (Å²) in [5, 5.41) is 13.4. The molecule has 1 N–H and O–H groups in total. The average molecular weight is 416 g/mol. The second-order valence-electron chi connectivity index (χ2n) is 5.26. The molecule has 0 unspecified atom stereocenters. The van der Waals surface area contributed by atoms with Gasteiger partial charge >= 0.3 is 11.4 Å². The highest BCUT2D eigenvalue weighted by Gasteiger charge is 2.26. The van der Waals surface area contributed by atoms with Crippen LogP contribution < -0.4 is 14.8 Å². The molecular weight excluding hydrogens is 402 g/mol. The van der Waals surface area contributed by atoms with Gasteiger partial charge in [0.2, 0.25) is 9.84 Å². The summed E-state index contributed by atoms with van der Waals surface area (Å²) in [6.45, 7) is -0.579. The highest BCUT2D eigenvalue weighted by molar-refractivity contribution is 7.91. The Morgan fingerprint density at radius 1 is 1.21 bits per heavy atom. The molecule has 28 heavy (non-hydrogen) atoms. The molecule has 12 heteroatoms. The number of rotatable bonds is 8. The highest BCUT2D eigenvalue weighted by Crippen LogP contribution is 2.31. The fourth-order valence-electron chi connectivity index (χ4n) is 2.06. The van der Waals surface area contributed by atoms with Crippen molar-refractivity contribution in [1.29, 1.82) is 0 Å². The van der Waals surface area contributed by atoms with Crippen molar-refractivity contribution >= 4 is 27.1 Å². The van der Waals surface area contributed by atoms with Gasteiger partial charge in [-0.1, -0.05) is 0 Å². The number of alkyl halides is 2. The first-order chi connectivity index (χ1) is 13.1. The average Bonchev–Trinajstić information content (AvgIpc) is 2.66. The summed E-state index contributed by atoms with van der Waals surface area (Å²) in [5.74, 6) is -4.17. The Hall–Kier alpha value is -3.28. The molecule has 0 radical (unpaired) electrons. The first-order valence-corrected chi connectivity index (χ1v) is 9.07. The minimum atomic E-state index is -4.73. The topological polar surface area (TPSA) is 125 Å². The summed E-state index contributed by atoms with van der Waals surface area (Å²) in [5.41, 5.74) is -0.264. The third kappa shape index (κ3) is 4.91. The van der Waals surface area contributed by atoms with Gasteiger partial charge in [-0.15, -0.1) is 0 Å². The normalized spacial score (nSPS) is 11.1. The Kier molecular flexibility index (Phi) is 6.46. The molecular formula is C16H14F2N2O7S. The highest BCUT2D eigenvalue weighted by atomic mass is 32.2. The van der Waals surface area contributed by atoms with E-state index in [2.05, 4.69) is 5.32 Å². The van der Waals surface area contributed by atoms with E-state index in [1.807, 2.05) is 0 Å². The largest absolute Gasteiger partial charge is 0.496 e. The van der Waals surface area contributed by atoms with E-state index in [4.69, 9.17) is 9.47 Å². The van der Waals surface area contributed by atoms with Crippen LogP contribution in [0.3, 0.4) is 0 Å². The van der Waals surface area contributed by atoms with Gasteiger partial charge in [0, 0.05) is 5.69 Å². The van der Waals surface area contributed by atoms with Gasteiger partial charge in [0.25, 0.3) is 5.91 Å². The van der Waals surface area contributed by atoms with Crippen LogP contribution in [0.15, 0.2) is 47.4 Å². The molecule has 0 aliphatic carbocycles. The van der Waals surface area contributed by atoms with E-state index in [1.165, 1.54) is 19.2 Å². The molecule has 0 fully saturated rings. The van der Waals surface area contributed by atoms with Crippen LogP contribution in [-0.4, -0.2) is 38.7 Å². The molecule has 1 amide bonds. The number of nitrogens with zero attached hydrogens (tertiary/aromatic N) is 1. The second-order valence-corrected chi connectivity index (χ2v) is 7.18. The quantitative estimate of drug-likeness (QED) is 0.518. The lowest BCUT2D eigenvalue weighted by Gasteiger charge is -2.09. The van der Waals surface area contributed by atoms with Crippen LogP contribution in [0.4, 0.5) is 20.2 Å². The lowest BCUT2D eigenvalue weighted by atomic mass is 10.3. The summed E-state index contributed by atoms with van der Waals surface area (Å²) >= 11 is 0. The van der Waals surface area contributed by atoms with Gasteiger partial charge in [-0.05, 0) is 36.4 Å². The Balaban J connectivity index is 2.03. The number of sulfone groups is 1. The van der Waals surface area contributed by atoms with Crippen molar-refractivity contribution in [2.45, 2.75) is 10.7 Å². The van der Waals surface area contributed by atoms with Gasteiger partial charge in [-0.3, -0.25) is 14.9 Å². The maximum Gasteiger partial charge on any atom is 0.341 e. The van der Waals surface area contributed by atoms with Crippen molar-refractivity contribution in [3.63, 3.8) is 0 Å². The van der Waals surface area contributed by atoms with Crippen molar-refractivity contribution in [2.24, 2.45) is 0 Å². The number of nitrogens with one attached hydrogen (secondary N) is 1. The van der Waals surface area contributed by atoms with Crippen LogP contribution in [0, 0.1) is 10.1 Å². The predicted octanol–water partition coefficient (Wildman–Crippen LogP) is 2.62. The smallest absolute Gasteiger partial charge is 0.341 e. The zero-order valence-corrected chi connectivity index (χ0v) is 15.1. The fraction of sp³-hybridized carbons (Fsp3) is 0.188. The Bertz CT molecular complexity index is 979. The molecule has 0 heterocycles. The van der Waals surface area contributed by atoms with E-state index in [0.29, 0.717) is 0 Å². The molecule has 9 nitrogen and oxygen atoms in total. The van der Waals surface area contributed by atoms with Crippen molar-refractivity contribution in [1.82, 2.24) is 0 Å². The van der Waals surface area contributed by atoms with Crippen LogP contribution in [0.25, 0.3) is 0 Å². The predicted molar refractivity (Wildman–Crippen MR) is 93.4 cm³/mol. The zero-order chi connectivity index (χ0) is 20.9. The van der Waals surface area contributed by atoms with Gasteiger partial charge in [-0.25, -0.2) is 8.42 Å². The number of carbonyl (C=O) groups is 1. The van der Waals surface area contributed by atoms with Crippen LogP contribution in [0.1, 0.15) is 0 Å². The van der Waals surface area contributed by atoms with Gasteiger partial charge in [0.1, 0.15) is 5.75 Å². The fourth-order valence-corrected chi connectivity index (χ4v) is 2.78. The van der Waals surface area contributed by atoms with Gasteiger partial charge < -0.3 is 14.8 Å². The van der Waals surface area contributed by atoms with Crippen LogP contribution in [-0.2, 0) is 14.6 Å². The van der Waals surface area contributed by atoms with E-state index < -0.39 is 43.6 Å². The monoisotopic (exact) mass is 416 g/mol. The summed E-state index contributed by atoms with van der Waals surface area (Å²) in [4.78, 5) is 21.7. The van der Waals surface area contributed by atoms with Crippen LogP contribution >= 0.6 is 0 Å². The zero-order valence-electron chi connectivity index (χ0n) is 14.3. The molecule has 0 aromatic heterocycles. The number of anilines is 1. The standard InChI is InChI=1S/C16H14F2N2O7S/c1-26-11-4-7-14(13(8-11)20(22)23)27-9-15(21)19-10-2-5-12(6-3-10)28(24,25)16(17)18/h2-8,16H,9H2,1H3,(H,19,21). The molecule has 0 aliphatic rings. The molecule has 2 rings (SSSR count). The summed E-state index contributed by atoms with van der Waals surface area (Å²) < 4.78 is 57.6. The number of nitro groups is 1. The first-order valence-electron chi connectivity index (χ1n) is 7.52. The van der Waals surface area contributed by atoms with E-state index in [9.17, 15) is 32.1 Å². The Labute approximate surface area is 157 Å². The number of hydrogen-bond acceptors (Lipinski definition) is 7. The maximum absolute atomic E-state index is 12.5. The van der Waals surface area contributed by atoms with E-state index >= 15 is 0 Å². The SMILES string of the molecule is COc1ccc(OCC(=O)Nc2ccc(S(=O)(=O)C(F)F)cc2)c([N+](=O)[O-])c1. The molecule has 0 atom stereocenters. The summed E-state index contributed by atoms with van der Waals surface area (Å²) in [6, 6.07) is 7.93. The Morgan fingerprint density at radius 2 is 1.86 bits per heavy atom. The number of hydrogen-bond donors (Lipinski definition) is 1. The molecule has 2 aromatic rings. The first kappa shape index (κ1) is 21.0. The minimum absolute atomic E-state index is 0.131. The number of halogens is 2. The molecule has 0 bridgehead atoms. The molecule has 0 aliphatic heterocycles. The molecule has 0 spiro atoms. The van der Waals surface area contributed by atoms with Crippen molar-refractivity contribution in [3.8, 4) is 11.5 Å². The second kappa shape index (κ2) is 8.61. The lowest BCUT2D eigenvalue weighted by Crippen LogP contribution is -2.20. The molecule has 2 aromatic carbocycles. The van der Waals surface area contributed by atoms with E-state index in [-0.39, 0.29) is 17.2 Å². The van der Waals surface area contributed by atoms with E-state index in [0.717, 1.165) is 30.3 Å². The van der Waals surface area contributed by atoms with Gasteiger partial charge in [0.15, 0.2) is 12.4 Å². The molecule has 150 valence electrons. The molecule has 0 saturated heterocycles. The maximum atomic E-state index is 12.5. The van der Waals surface area contributed by atoms with Crippen molar-refractivity contribution in [3.05, 3.63) is 52.6 Å². The number of benzene rings is 2. The van der Waals surface area contributed by atoms with Crippen LogP contribution in [0.5, 0.6) is 11.5 Å². The van der Waals surface area contributed by atoms with Crippen LogP contribution in [0.2, 0.25) is 0 Å². The van der Waals surface area contributed by atoms with Gasteiger partial charge in [-0.2, -0.15) is 8.78 Å². The number of carbonyl (C=O) groups excluding carboxylic acids is 1. The van der Waals surface area contributed by atoms with Crippen molar-refractivity contribution < 1.29 is 36.4 Å². The Morgan fingerprint density at radius 3 is 2.39 bits per heavy atom. The third-order valence-electron chi connectivity index (χ3n) is 3.42. The lowest BCUT2D eigenvalue weighted by molar-refractivity contribution is -0.385. The number of ether oxygens (including phenoxy) is 2. The summed E-state index contributed by atoms with van der Waals surface area (Å²) in [7, 11) is -3.39. The number of methoxy groups -OCH3 is 1. The van der Waals surface area contributed by atoms with Crippen molar-refractivity contribution in [2.75, 3.05) is 19.0 Å². The third-order valence-corrected chi connectivity index (χ3v) is 4.82. The number of nitro benzene ring substituents is 1. The van der Waals surface area contributed by atoms with Gasteiger partial charge in [0.05, 0.1) is 23.0 Å².